The number of halogens is 4. The number of fused-ring (bicyclic) bond motifs is 8. The number of benzene rings is 3. The van der Waals surface area contributed by atoms with Gasteiger partial charge in [-0.15, -0.1) is 23.5 Å². The number of hydrogen-bond acceptors (Lipinski definition) is 6. The highest BCUT2D eigenvalue weighted by Crippen LogP contribution is 2.45. The van der Waals surface area contributed by atoms with Crippen LogP contribution in [-0.4, -0.2) is 41.8 Å². The maximum Gasteiger partial charge on any atom is 0.352 e. The van der Waals surface area contributed by atoms with Gasteiger partial charge in [-0.2, -0.15) is 10.2 Å². The normalized spacial score (nSPS) is 14.3. The van der Waals surface area contributed by atoms with E-state index in [1.807, 2.05) is 29.9 Å². The molecule has 0 saturated carbocycles. The Balaban J connectivity index is 1.38. The Kier molecular flexibility index (Phi) is 9.09. The van der Waals surface area contributed by atoms with Gasteiger partial charge >= 0.3 is 5.97 Å². The van der Waals surface area contributed by atoms with Gasteiger partial charge in [0.1, 0.15) is 23.0 Å². The van der Waals surface area contributed by atoms with E-state index in [0.29, 0.717) is 62.5 Å². The van der Waals surface area contributed by atoms with Crippen LogP contribution in [0.5, 0.6) is 5.75 Å². The van der Waals surface area contributed by atoms with E-state index in [-0.39, 0.29) is 40.9 Å². The molecule has 0 spiro atoms. The Morgan fingerprint density at radius 1 is 1.02 bits per heavy atom. The van der Waals surface area contributed by atoms with E-state index in [4.69, 9.17) is 16.3 Å². The molecule has 7 rings (SSSR count). The van der Waals surface area contributed by atoms with Crippen LogP contribution in [0.25, 0.3) is 32.8 Å². The summed E-state index contributed by atoms with van der Waals surface area (Å²) >= 11 is 9.90. The third-order valence-electron chi connectivity index (χ3n) is 8.78. The number of alkyl halides is 2. The number of ether oxygens (including phenoxy) is 1. The fraction of sp³-hybridized carbons (Fsp3) is 0.286. The molecular formula is C35H31ClF3N5O3S2. The second kappa shape index (κ2) is 13.3. The van der Waals surface area contributed by atoms with E-state index in [1.54, 1.807) is 41.5 Å². The van der Waals surface area contributed by atoms with Gasteiger partial charge in [0.25, 0.3) is 6.43 Å². The maximum absolute atomic E-state index is 14.7. The van der Waals surface area contributed by atoms with Gasteiger partial charge in [0.05, 0.1) is 18.0 Å². The molecule has 3 aromatic carbocycles. The zero-order chi connectivity index (χ0) is 34.6. The third kappa shape index (κ3) is 6.16. The zero-order valence-electron chi connectivity index (χ0n) is 26.8. The third-order valence-corrected chi connectivity index (χ3v) is 11.1. The predicted octanol–water partition coefficient (Wildman–Crippen LogP) is 9.17. The van der Waals surface area contributed by atoms with Crippen molar-refractivity contribution in [3.63, 3.8) is 0 Å². The van der Waals surface area contributed by atoms with E-state index in [1.165, 1.54) is 35.6 Å². The lowest BCUT2D eigenvalue weighted by atomic mass is 9.97. The van der Waals surface area contributed by atoms with Gasteiger partial charge in [-0.3, -0.25) is 9.36 Å². The van der Waals surface area contributed by atoms with Crippen molar-refractivity contribution in [1.29, 1.82) is 0 Å². The number of carbonyl (C=O) groups is 1. The molecule has 4 heterocycles. The second-order valence-corrected chi connectivity index (χ2v) is 14.3. The van der Waals surface area contributed by atoms with Crippen molar-refractivity contribution in [2.45, 2.75) is 48.5 Å². The molecule has 0 radical (unpaired) electrons. The van der Waals surface area contributed by atoms with Gasteiger partial charge in [0.2, 0.25) is 0 Å². The Bertz CT molecular complexity index is 2270. The lowest BCUT2D eigenvalue weighted by Crippen LogP contribution is -2.12. The van der Waals surface area contributed by atoms with Crippen LogP contribution in [-0.2, 0) is 37.9 Å². The maximum atomic E-state index is 14.7. The number of aryl methyl sites for hydroxylation is 4. The molecular weight excluding hydrogens is 695 g/mol. The highest BCUT2D eigenvalue weighted by molar-refractivity contribution is 7.98. The van der Waals surface area contributed by atoms with E-state index < -0.39 is 12.4 Å². The van der Waals surface area contributed by atoms with Crippen molar-refractivity contribution in [2.75, 3.05) is 6.61 Å². The SMILES string of the molecule is Cc1c(C(=O)O)n2c3ccc(Cl)c(c13)-c1c(nn(C)c1C(F)F)CSCc1cc(n(C)n1)CSc1cc(c3ccc(F)cc3c1)OCCC2. The van der Waals surface area contributed by atoms with Crippen LogP contribution < -0.4 is 4.74 Å². The number of aromatic nitrogens is 5. The zero-order valence-corrected chi connectivity index (χ0v) is 29.2. The first-order valence-corrected chi connectivity index (χ1v) is 18.0. The molecule has 14 heteroatoms. The average Bonchev–Trinajstić information content (AvgIpc) is 3.67. The summed E-state index contributed by atoms with van der Waals surface area (Å²) in [5.41, 5.74) is 3.53. The Morgan fingerprint density at radius 3 is 2.61 bits per heavy atom. The van der Waals surface area contributed by atoms with Crippen LogP contribution in [0, 0.1) is 12.7 Å². The molecule has 1 aliphatic rings. The number of nitrogens with zero attached hydrogens (tertiary/aromatic N) is 5. The fourth-order valence-corrected chi connectivity index (χ4v) is 8.74. The van der Waals surface area contributed by atoms with Crippen molar-refractivity contribution < 1.29 is 27.8 Å². The highest BCUT2D eigenvalue weighted by Gasteiger charge is 2.30. The summed E-state index contributed by atoms with van der Waals surface area (Å²) in [7, 11) is 3.36. The molecule has 0 atom stereocenters. The Morgan fingerprint density at radius 2 is 1.84 bits per heavy atom. The second-order valence-electron chi connectivity index (χ2n) is 11.9. The number of thioether (sulfide) groups is 2. The molecule has 6 aromatic rings. The van der Waals surface area contributed by atoms with Crippen molar-refractivity contribution >= 4 is 62.8 Å². The van der Waals surface area contributed by atoms with Crippen molar-refractivity contribution in [3.05, 3.63) is 93.4 Å². The van der Waals surface area contributed by atoms with Crippen LogP contribution in [0.15, 0.2) is 53.4 Å². The molecule has 8 bridgehead atoms. The average molecular weight is 726 g/mol. The largest absolute Gasteiger partial charge is 0.493 e. The Hall–Kier alpha value is -4.07. The molecule has 0 unspecified atom stereocenters. The molecule has 254 valence electrons. The molecule has 0 saturated heterocycles. The summed E-state index contributed by atoms with van der Waals surface area (Å²) < 4.78 is 54.7. The molecule has 0 aliphatic carbocycles. The van der Waals surface area contributed by atoms with Crippen LogP contribution in [0.1, 0.15) is 51.7 Å². The van der Waals surface area contributed by atoms with E-state index in [9.17, 15) is 23.1 Å². The van der Waals surface area contributed by atoms with E-state index in [0.717, 1.165) is 21.7 Å². The predicted molar refractivity (Wildman–Crippen MR) is 188 cm³/mol. The van der Waals surface area contributed by atoms with Crippen molar-refractivity contribution in [2.24, 2.45) is 14.1 Å². The van der Waals surface area contributed by atoms with Crippen molar-refractivity contribution in [1.82, 2.24) is 24.1 Å². The first kappa shape index (κ1) is 33.4. The van der Waals surface area contributed by atoms with E-state index in [2.05, 4.69) is 10.2 Å². The standard InChI is InChI=1S/C35H31ClF3N5O3S2/c1-18-29-27-8-7-25(36)30(29)31-26(41-43(3)33(31)34(38)39)17-48-15-21-13-22(42(2)40-21)16-49-23-12-19-11-20(37)5-6-24(19)28(14-23)47-10-4-9-44(27)32(18)35(45)46/h5-8,11-14,34H,4,9-10,15-17H2,1-3H3,(H,45,46). The van der Waals surface area contributed by atoms with Gasteiger partial charge in [-0.25, -0.2) is 18.0 Å². The summed E-state index contributed by atoms with van der Waals surface area (Å²) in [6.45, 7) is 2.19. The number of carboxylic acid groups (broad SMARTS) is 1. The molecule has 8 nitrogen and oxygen atoms in total. The molecule has 0 amide bonds. The minimum absolute atomic E-state index is 0.0457. The minimum atomic E-state index is -2.85. The summed E-state index contributed by atoms with van der Waals surface area (Å²) in [6.07, 6.45) is -2.43. The van der Waals surface area contributed by atoms with Crippen LogP contribution in [0.4, 0.5) is 13.2 Å². The fourth-order valence-electron chi connectivity index (χ4n) is 6.66. The summed E-state index contributed by atoms with van der Waals surface area (Å²) in [5, 5.41) is 21.8. The first-order valence-electron chi connectivity index (χ1n) is 15.5. The monoisotopic (exact) mass is 725 g/mol. The van der Waals surface area contributed by atoms with Crippen LogP contribution in [0.3, 0.4) is 0 Å². The van der Waals surface area contributed by atoms with E-state index >= 15 is 0 Å². The quantitative estimate of drug-likeness (QED) is 0.191. The van der Waals surface area contributed by atoms with Gasteiger partial charge in [0.15, 0.2) is 0 Å². The highest BCUT2D eigenvalue weighted by atomic mass is 35.5. The van der Waals surface area contributed by atoms with Gasteiger partial charge in [-0.05, 0) is 72.8 Å². The molecule has 49 heavy (non-hydrogen) atoms. The van der Waals surface area contributed by atoms with Crippen molar-refractivity contribution in [3.8, 4) is 16.9 Å². The van der Waals surface area contributed by atoms with Gasteiger partial charge in [-0.1, -0.05) is 11.6 Å². The molecule has 0 fully saturated rings. The van der Waals surface area contributed by atoms with Crippen LogP contribution in [0.2, 0.25) is 5.02 Å². The molecule has 1 aliphatic heterocycles. The summed E-state index contributed by atoms with van der Waals surface area (Å²) in [6, 6.07) is 13.8. The summed E-state index contributed by atoms with van der Waals surface area (Å²) in [5.74, 6) is 0.504. The number of rotatable bonds is 2. The van der Waals surface area contributed by atoms with Gasteiger partial charge in [0, 0.05) is 80.9 Å². The lowest BCUT2D eigenvalue weighted by molar-refractivity contribution is 0.0684. The minimum Gasteiger partial charge on any atom is -0.493 e. The first-order chi connectivity index (χ1) is 23.5. The molecule has 3 aromatic heterocycles. The smallest absolute Gasteiger partial charge is 0.352 e. The number of hydrogen-bond donors (Lipinski definition) is 1. The lowest BCUT2D eigenvalue weighted by Gasteiger charge is -2.14. The number of aromatic carboxylic acids is 1. The topological polar surface area (TPSA) is 87.1 Å². The number of carboxylic acids is 1. The van der Waals surface area contributed by atoms with Gasteiger partial charge < -0.3 is 14.4 Å². The van der Waals surface area contributed by atoms with Crippen LogP contribution >= 0.6 is 35.1 Å². The molecule has 1 N–H and O–H groups in total. The summed E-state index contributed by atoms with van der Waals surface area (Å²) in [4.78, 5) is 13.6. The Labute approximate surface area is 293 Å².